The number of rotatable bonds is 7. The highest BCUT2D eigenvalue weighted by Gasteiger charge is 2.30. The Balaban J connectivity index is 1.95. The van der Waals surface area contributed by atoms with E-state index in [0.29, 0.717) is 29.6 Å². The van der Waals surface area contributed by atoms with Crippen LogP contribution in [0.25, 0.3) is 11.0 Å². The molecule has 28 heavy (non-hydrogen) atoms. The van der Waals surface area contributed by atoms with E-state index in [-0.39, 0.29) is 0 Å². The molecule has 2 aromatic rings. The number of hydrogen-bond donors (Lipinski definition) is 0. The Labute approximate surface area is 166 Å². The normalized spacial score (nSPS) is 15.4. The third-order valence-corrected chi connectivity index (χ3v) is 5.49. The molecule has 2 heterocycles. The van der Waals surface area contributed by atoms with E-state index in [9.17, 15) is 10.1 Å². The van der Waals surface area contributed by atoms with E-state index in [2.05, 4.69) is 29.8 Å². The summed E-state index contributed by atoms with van der Waals surface area (Å²) in [6, 6.07) is 9.69. The third kappa shape index (κ3) is 4.41. The molecule has 6 nitrogen and oxygen atoms in total. The van der Waals surface area contributed by atoms with E-state index in [4.69, 9.17) is 9.72 Å². The van der Waals surface area contributed by atoms with E-state index in [1.54, 1.807) is 0 Å². The second-order valence-corrected chi connectivity index (χ2v) is 7.34. The molecule has 0 bridgehead atoms. The van der Waals surface area contributed by atoms with Crippen LogP contribution in [0.4, 0.5) is 5.82 Å². The summed E-state index contributed by atoms with van der Waals surface area (Å²) in [6.07, 6.45) is 5.21. The molecule has 1 aliphatic rings. The predicted octanol–water partition coefficient (Wildman–Crippen LogP) is 4.21. The topological polar surface area (TPSA) is 79.1 Å². The van der Waals surface area contributed by atoms with Crippen LogP contribution in [0.15, 0.2) is 24.3 Å². The number of benzene rings is 1. The monoisotopic (exact) mass is 380 g/mol. The highest BCUT2D eigenvalue weighted by molar-refractivity contribution is 5.85. The standard InChI is InChI=1S/C22H28N4O2/c1-3-16(4-2)15-28-22(27)17(14-23)20-21(26-12-8-5-9-13-26)25-19-11-7-6-10-18(19)24-20/h6-7,10-11,16-17H,3-5,8-9,12-13,15H2,1-2H3/t17-/m1/s1. The molecule has 1 atom stereocenters. The fourth-order valence-corrected chi connectivity index (χ4v) is 3.57. The van der Waals surface area contributed by atoms with Crippen LogP contribution in [0.3, 0.4) is 0 Å². The van der Waals surface area contributed by atoms with Crippen molar-refractivity contribution in [1.82, 2.24) is 9.97 Å². The minimum Gasteiger partial charge on any atom is -0.464 e. The minimum absolute atomic E-state index is 0.313. The first-order valence-electron chi connectivity index (χ1n) is 10.3. The maximum absolute atomic E-state index is 12.8. The van der Waals surface area contributed by atoms with Crippen LogP contribution in [0, 0.1) is 17.2 Å². The van der Waals surface area contributed by atoms with Crippen molar-refractivity contribution in [3.63, 3.8) is 0 Å². The molecule has 1 aromatic heterocycles. The smallest absolute Gasteiger partial charge is 0.329 e. The zero-order valence-electron chi connectivity index (χ0n) is 16.7. The van der Waals surface area contributed by atoms with Crippen molar-refractivity contribution in [2.75, 3.05) is 24.6 Å². The van der Waals surface area contributed by atoms with E-state index < -0.39 is 11.9 Å². The van der Waals surface area contributed by atoms with Crippen LogP contribution in [0.1, 0.15) is 57.6 Å². The molecule has 0 unspecified atom stereocenters. The Morgan fingerprint density at radius 1 is 1.14 bits per heavy atom. The van der Waals surface area contributed by atoms with Gasteiger partial charge in [-0.2, -0.15) is 5.26 Å². The molecule has 1 fully saturated rings. The molecule has 0 aliphatic carbocycles. The van der Waals surface area contributed by atoms with Gasteiger partial charge in [0.2, 0.25) is 0 Å². The molecule has 0 saturated carbocycles. The quantitative estimate of drug-likeness (QED) is 0.670. The number of hydrogen-bond acceptors (Lipinski definition) is 6. The largest absolute Gasteiger partial charge is 0.464 e. The van der Waals surface area contributed by atoms with Gasteiger partial charge in [0.15, 0.2) is 11.7 Å². The first-order chi connectivity index (χ1) is 13.7. The van der Waals surface area contributed by atoms with Crippen molar-refractivity contribution >= 4 is 22.8 Å². The van der Waals surface area contributed by atoms with Crippen LogP contribution >= 0.6 is 0 Å². The molecule has 1 aromatic carbocycles. The van der Waals surface area contributed by atoms with Crippen molar-refractivity contribution in [2.24, 2.45) is 5.92 Å². The lowest BCUT2D eigenvalue weighted by molar-refractivity contribution is -0.145. The van der Waals surface area contributed by atoms with E-state index in [0.717, 1.165) is 44.3 Å². The number of para-hydroxylation sites is 2. The van der Waals surface area contributed by atoms with Crippen LogP contribution in [0.2, 0.25) is 0 Å². The summed E-state index contributed by atoms with van der Waals surface area (Å²) >= 11 is 0. The lowest BCUT2D eigenvalue weighted by atomic mass is 10.0. The summed E-state index contributed by atoms with van der Waals surface area (Å²) in [5, 5.41) is 9.79. The SMILES string of the molecule is CCC(CC)COC(=O)[C@H](C#N)c1nc2ccccc2nc1N1CCCCC1. The zero-order chi connectivity index (χ0) is 19.9. The summed E-state index contributed by atoms with van der Waals surface area (Å²) in [7, 11) is 0. The van der Waals surface area contributed by atoms with Gasteiger partial charge in [-0.05, 0) is 37.3 Å². The molecule has 0 amide bonds. The second kappa shape index (κ2) is 9.50. The number of ether oxygens (including phenoxy) is 1. The lowest BCUT2D eigenvalue weighted by Crippen LogP contribution is -2.32. The zero-order valence-corrected chi connectivity index (χ0v) is 16.7. The molecular weight excluding hydrogens is 352 g/mol. The van der Waals surface area contributed by atoms with E-state index in [1.165, 1.54) is 6.42 Å². The molecule has 0 N–H and O–H groups in total. The molecule has 0 spiro atoms. The van der Waals surface area contributed by atoms with Crippen LogP contribution in [-0.4, -0.2) is 35.6 Å². The van der Waals surface area contributed by atoms with Crippen molar-refractivity contribution in [1.29, 1.82) is 5.26 Å². The Bertz CT molecular complexity index is 851. The highest BCUT2D eigenvalue weighted by atomic mass is 16.5. The van der Waals surface area contributed by atoms with Gasteiger partial charge in [0.25, 0.3) is 0 Å². The molecule has 6 heteroatoms. The Kier molecular flexibility index (Phi) is 6.80. The number of piperidine rings is 1. The van der Waals surface area contributed by atoms with Gasteiger partial charge in [-0.1, -0.05) is 38.8 Å². The predicted molar refractivity (Wildman–Crippen MR) is 109 cm³/mol. The van der Waals surface area contributed by atoms with Crippen molar-refractivity contribution in [2.45, 2.75) is 51.9 Å². The Morgan fingerprint density at radius 3 is 2.39 bits per heavy atom. The Hall–Kier alpha value is -2.68. The maximum Gasteiger partial charge on any atom is 0.329 e. The molecule has 148 valence electrons. The molecule has 0 radical (unpaired) electrons. The summed E-state index contributed by atoms with van der Waals surface area (Å²) in [5.74, 6) is -0.641. The summed E-state index contributed by atoms with van der Waals surface area (Å²) < 4.78 is 5.50. The van der Waals surface area contributed by atoms with Gasteiger partial charge in [-0.3, -0.25) is 4.79 Å². The molecule has 1 aliphatic heterocycles. The maximum atomic E-state index is 12.8. The molecular formula is C22H28N4O2. The van der Waals surface area contributed by atoms with Gasteiger partial charge in [-0.25, -0.2) is 9.97 Å². The van der Waals surface area contributed by atoms with Gasteiger partial charge in [0.05, 0.1) is 23.7 Å². The molecule has 1 saturated heterocycles. The van der Waals surface area contributed by atoms with Crippen LogP contribution < -0.4 is 4.90 Å². The third-order valence-electron chi connectivity index (χ3n) is 5.49. The van der Waals surface area contributed by atoms with Crippen molar-refractivity contribution < 1.29 is 9.53 Å². The van der Waals surface area contributed by atoms with Crippen molar-refractivity contribution in [3.05, 3.63) is 30.0 Å². The van der Waals surface area contributed by atoms with Gasteiger partial charge < -0.3 is 9.64 Å². The first kappa shape index (κ1) is 20.1. The van der Waals surface area contributed by atoms with Gasteiger partial charge in [0, 0.05) is 13.1 Å². The number of anilines is 1. The summed E-state index contributed by atoms with van der Waals surface area (Å²) in [4.78, 5) is 24.4. The van der Waals surface area contributed by atoms with E-state index >= 15 is 0 Å². The van der Waals surface area contributed by atoms with Crippen molar-refractivity contribution in [3.8, 4) is 6.07 Å². The Morgan fingerprint density at radius 2 is 1.79 bits per heavy atom. The first-order valence-corrected chi connectivity index (χ1v) is 10.3. The fourth-order valence-electron chi connectivity index (χ4n) is 3.57. The summed E-state index contributed by atoms with van der Waals surface area (Å²) in [6.45, 7) is 6.21. The highest BCUT2D eigenvalue weighted by Crippen LogP contribution is 2.30. The number of carbonyl (C=O) groups excluding carboxylic acids is 1. The second-order valence-electron chi connectivity index (χ2n) is 7.34. The summed E-state index contributed by atoms with van der Waals surface area (Å²) in [5.41, 5.74) is 1.87. The number of carbonyl (C=O) groups is 1. The molecule has 3 rings (SSSR count). The van der Waals surface area contributed by atoms with Gasteiger partial charge >= 0.3 is 5.97 Å². The average Bonchev–Trinajstić information content (AvgIpc) is 2.75. The fraction of sp³-hybridized carbons (Fsp3) is 0.545. The lowest BCUT2D eigenvalue weighted by Gasteiger charge is -2.29. The van der Waals surface area contributed by atoms with Crippen LogP contribution in [0.5, 0.6) is 0 Å². The number of nitrogens with zero attached hydrogens (tertiary/aromatic N) is 4. The minimum atomic E-state index is -1.07. The number of aromatic nitrogens is 2. The number of nitriles is 1. The van der Waals surface area contributed by atoms with Gasteiger partial charge in [-0.15, -0.1) is 0 Å². The van der Waals surface area contributed by atoms with E-state index in [1.807, 2.05) is 24.3 Å². The number of esters is 1. The number of fused-ring (bicyclic) bond motifs is 1. The van der Waals surface area contributed by atoms with Crippen LogP contribution in [-0.2, 0) is 9.53 Å². The average molecular weight is 380 g/mol. The van der Waals surface area contributed by atoms with Gasteiger partial charge in [0.1, 0.15) is 5.69 Å².